The van der Waals surface area contributed by atoms with E-state index in [1.165, 1.54) is 12.1 Å². The summed E-state index contributed by atoms with van der Waals surface area (Å²) in [5.74, 6) is 0.857. The number of alkyl halides is 3. The fourth-order valence-corrected chi connectivity index (χ4v) is 1.71. The molecule has 0 unspecified atom stereocenters. The molecule has 92 valence electrons. The monoisotopic (exact) mass is 242 g/mol. The molecular formula is C12H13F3N2. The predicted molar refractivity (Wildman–Crippen MR) is 61.2 cm³/mol. The van der Waals surface area contributed by atoms with E-state index < -0.39 is 11.7 Å². The normalized spacial score (nSPS) is 16.5. The van der Waals surface area contributed by atoms with E-state index in [-0.39, 0.29) is 0 Å². The quantitative estimate of drug-likeness (QED) is 0.797. The number of aliphatic imine (C=N–C) groups is 1. The van der Waals surface area contributed by atoms with Gasteiger partial charge in [0.15, 0.2) is 0 Å². The van der Waals surface area contributed by atoms with Crippen molar-refractivity contribution < 1.29 is 13.2 Å². The van der Waals surface area contributed by atoms with Crippen LogP contribution in [0.2, 0.25) is 0 Å². The second-order valence-electron chi connectivity index (χ2n) is 3.99. The van der Waals surface area contributed by atoms with Crippen LogP contribution in [-0.2, 0) is 6.18 Å². The van der Waals surface area contributed by atoms with Gasteiger partial charge in [0.1, 0.15) is 5.84 Å². The van der Waals surface area contributed by atoms with Gasteiger partial charge >= 0.3 is 6.18 Å². The first-order valence-electron chi connectivity index (χ1n) is 5.53. The maximum absolute atomic E-state index is 12.3. The molecule has 0 atom stereocenters. The van der Waals surface area contributed by atoms with Crippen LogP contribution in [0.1, 0.15) is 24.8 Å². The molecule has 5 heteroatoms. The third-order valence-electron chi connectivity index (χ3n) is 2.63. The lowest BCUT2D eigenvalue weighted by Crippen LogP contribution is -2.16. The Morgan fingerprint density at radius 2 is 1.76 bits per heavy atom. The molecule has 2 nitrogen and oxygen atoms in total. The van der Waals surface area contributed by atoms with Crippen molar-refractivity contribution in [1.82, 2.24) is 0 Å². The van der Waals surface area contributed by atoms with Crippen LogP contribution in [0, 0.1) is 0 Å². The minimum Gasteiger partial charge on any atom is -0.344 e. The highest BCUT2D eigenvalue weighted by molar-refractivity contribution is 5.95. The average molecular weight is 242 g/mol. The Balaban J connectivity index is 2.05. The standard InChI is InChI=1S/C12H13F3N2/c13-12(14,15)9-4-6-10(7-5-9)17-11-3-1-2-8-16-11/h4-7H,1-3,8H2,(H,16,17). The van der Waals surface area contributed by atoms with Crippen LogP contribution in [0.15, 0.2) is 29.3 Å². The Morgan fingerprint density at radius 1 is 1.06 bits per heavy atom. The van der Waals surface area contributed by atoms with E-state index >= 15 is 0 Å². The van der Waals surface area contributed by atoms with E-state index in [2.05, 4.69) is 10.3 Å². The molecule has 1 aromatic carbocycles. The molecule has 1 N–H and O–H groups in total. The maximum Gasteiger partial charge on any atom is 0.416 e. The van der Waals surface area contributed by atoms with E-state index in [0.29, 0.717) is 5.69 Å². The Hall–Kier alpha value is -1.52. The summed E-state index contributed by atoms with van der Waals surface area (Å²) >= 11 is 0. The molecule has 0 spiro atoms. The second kappa shape index (κ2) is 4.77. The molecule has 1 aliphatic rings. The summed E-state index contributed by atoms with van der Waals surface area (Å²) < 4.78 is 37.0. The van der Waals surface area contributed by atoms with Crippen molar-refractivity contribution in [3.63, 3.8) is 0 Å². The lowest BCUT2D eigenvalue weighted by atomic mass is 10.1. The van der Waals surface area contributed by atoms with Crippen molar-refractivity contribution in [3.8, 4) is 0 Å². The fourth-order valence-electron chi connectivity index (χ4n) is 1.71. The molecule has 1 aromatic rings. The molecule has 0 radical (unpaired) electrons. The van der Waals surface area contributed by atoms with Gasteiger partial charge in [0.05, 0.1) is 5.56 Å². The van der Waals surface area contributed by atoms with Gasteiger partial charge in [-0.25, -0.2) is 0 Å². The fraction of sp³-hybridized carbons (Fsp3) is 0.417. The summed E-state index contributed by atoms with van der Waals surface area (Å²) in [6.07, 6.45) is -1.26. The van der Waals surface area contributed by atoms with Gasteiger partial charge in [-0.15, -0.1) is 0 Å². The number of nitrogens with one attached hydrogen (secondary N) is 1. The van der Waals surface area contributed by atoms with Gasteiger partial charge < -0.3 is 5.32 Å². The minimum atomic E-state index is -4.28. The van der Waals surface area contributed by atoms with Crippen molar-refractivity contribution >= 4 is 11.5 Å². The molecule has 17 heavy (non-hydrogen) atoms. The number of anilines is 1. The van der Waals surface area contributed by atoms with Crippen molar-refractivity contribution in [1.29, 1.82) is 0 Å². The minimum absolute atomic E-state index is 0.631. The van der Waals surface area contributed by atoms with Crippen LogP contribution in [-0.4, -0.2) is 12.4 Å². The Kier molecular flexibility index (Phi) is 3.36. The van der Waals surface area contributed by atoms with E-state index in [0.717, 1.165) is 43.8 Å². The van der Waals surface area contributed by atoms with Gasteiger partial charge in [0.2, 0.25) is 0 Å². The summed E-state index contributed by atoms with van der Waals surface area (Å²) in [5, 5.41) is 3.04. The van der Waals surface area contributed by atoms with Crippen LogP contribution in [0.5, 0.6) is 0 Å². The maximum atomic E-state index is 12.3. The number of nitrogens with zero attached hydrogens (tertiary/aromatic N) is 1. The van der Waals surface area contributed by atoms with Gasteiger partial charge in [-0.05, 0) is 37.1 Å². The summed E-state index contributed by atoms with van der Waals surface area (Å²) in [7, 11) is 0. The highest BCUT2D eigenvalue weighted by atomic mass is 19.4. The molecule has 2 rings (SSSR count). The van der Waals surface area contributed by atoms with Crippen molar-refractivity contribution in [2.75, 3.05) is 11.9 Å². The first-order chi connectivity index (χ1) is 8.05. The van der Waals surface area contributed by atoms with Crippen molar-refractivity contribution in [3.05, 3.63) is 29.8 Å². The summed E-state index contributed by atoms with van der Waals surface area (Å²) in [5.41, 5.74) is 0.0206. The molecule has 1 heterocycles. The lowest BCUT2D eigenvalue weighted by Gasteiger charge is -2.14. The van der Waals surface area contributed by atoms with E-state index in [1.54, 1.807) is 0 Å². The summed E-state index contributed by atoms with van der Waals surface area (Å²) in [4.78, 5) is 4.28. The first kappa shape index (κ1) is 12.0. The van der Waals surface area contributed by atoms with E-state index in [1.807, 2.05) is 0 Å². The summed E-state index contributed by atoms with van der Waals surface area (Å²) in [6.45, 7) is 0.795. The number of amidine groups is 1. The molecule has 1 aliphatic heterocycles. The van der Waals surface area contributed by atoms with Crippen LogP contribution in [0.3, 0.4) is 0 Å². The zero-order chi connectivity index (χ0) is 12.3. The highest BCUT2D eigenvalue weighted by Crippen LogP contribution is 2.29. The SMILES string of the molecule is FC(F)(F)c1ccc(NC2=NCCCC2)cc1. The average Bonchev–Trinajstić information content (AvgIpc) is 2.30. The van der Waals surface area contributed by atoms with Crippen LogP contribution in [0.25, 0.3) is 0 Å². The Labute approximate surface area is 97.6 Å². The zero-order valence-electron chi connectivity index (χ0n) is 9.22. The van der Waals surface area contributed by atoms with Crippen molar-refractivity contribution in [2.45, 2.75) is 25.4 Å². The molecule has 0 amide bonds. The third kappa shape index (κ3) is 3.22. The van der Waals surface area contributed by atoms with Crippen molar-refractivity contribution in [2.24, 2.45) is 4.99 Å². The lowest BCUT2D eigenvalue weighted by molar-refractivity contribution is -0.137. The van der Waals surface area contributed by atoms with Gasteiger partial charge in [0, 0.05) is 18.7 Å². The van der Waals surface area contributed by atoms with Crippen LogP contribution in [0.4, 0.5) is 18.9 Å². The smallest absolute Gasteiger partial charge is 0.344 e. The van der Waals surface area contributed by atoms with Crippen LogP contribution >= 0.6 is 0 Å². The predicted octanol–water partition coefficient (Wildman–Crippen LogP) is 3.70. The van der Waals surface area contributed by atoms with E-state index in [9.17, 15) is 13.2 Å². The molecule has 0 saturated heterocycles. The zero-order valence-corrected chi connectivity index (χ0v) is 9.22. The molecule has 0 fully saturated rings. The molecular weight excluding hydrogens is 229 g/mol. The largest absolute Gasteiger partial charge is 0.416 e. The van der Waals surface area contributed by atoms with Gasteiger partial charge in [-0.2, -0.15) is 13.2 Å². The number of hydrogen-bond acceptors (Lipinski definition) is 2. The molecule has 0 bridgehead atoms. The van der Waals surface area contributed by atoms with Gasteiger partial charge in [0.25, 0.3) is 0 Å². The molecule has 0 aliphatic carbocycles. The highest BCUT2D eigenvalue weighted by Gasteiger charge is 2.29. The molecule has 0 saturated carbocycles. The van der Waals surface area contributed by atoms with Gasteiger partial charge in [-0.1, -0.05) is 0 Å². The first-order valence-corrected chi connectivity index (χ1v) is 5.53. The van der Waals surface area contributed by atoms with E-state index in [4.69, 9.17) is 0 Å². The topological polar surface area (TPSA) is 24.4 Å². The number of hydrogen-bond donors (Lipinski definition) is 1. The summed E-state index contributed by atoms with van der Waals surface area (Å²) in [6, 6.07) is 5.01. The number of halogens is 3. The van der Waals surface area contributed by atoms with Crippen LogP contribution < -0.4 is 5.32 Å². The second-order valence-corrected chi connectivity index (χ2v) is 3.99. The third-order valence-corrected chi connectivity index (χ3v) is 2.63. The Morgan fingerprint density at radius 3 is 2.29 bits per heavy atom. The Bertz CT molecular complexity index is 407. The molecule has 0 aromatic heterocycles. The number of rotatable bonds is 1. The number of benzene rings is 1. The van der Waals surface area contributed by atoms with Gasteiger partial charge in [-0.3, -0.25) is 4.99 Å².